The number of nitrogens with zero attached hydrogens (tertiary/aromatic N) is 1. The van der Waals surface area contributed by atoms with Gasteiger partial charge in [-0.05, 0) is 49.1 Å². The molecule has 0 bridgehead atoms. The summed E-state index contributed by atoms with van der Waals surface area (Å²) < 4.78 is 0. The van der Waals surface area contributed by atoms with Crippen LogP contribution in [-0.4, -0.2) is 29.9 Å². The second-order valence-corrected chi connectivity index (χ2v) is 6.58. The Labute approximate surface area is 168 Å². The minimum absolute atomic E-state index is 0. The van der Waals surface area contributed by atoms with E-state index in [2.05, 4.69) is 41.4 Å². The maximum Gasteiger partial charge on any atom is 0.251 e. The molecular weight excluding hydrogens is 369 g/mol. The first-order chi connectivity index (χ1) is 11.6. The van der Waals surface area contributed by atoms with Crippen molar-refractivity contribution >= 4 is 36.4 Å². The fraction of sp³-hybridized carbons (Fsp3) is 0.350. The van der Waals surface area contributed by atoms with E-state index in [0.717, 1.165) is 32.5 Å². The Balaban J connectivity index is 0.00000169. The molecule has 0 aromatic heterocycles. The van der Waals surface area contributed by atoms with Gasteiger partial charge in [0.2, 0.25) is 0 Å². The van der Waals surface area contributed by atoms with Crippen LogP contribution in [0.15, 0.2) is 48.5 Å². The molecule has 2 aromatic carbocycles. The number of amides is 1. The molecule has 1 aliphatic heterocycles. The summed E-state index contributed by atoms with van der Waals surface area (Å²) in [6.45, 7) is 5.17. The number of benzene rings is 2. The molecule has 0 spiro atoms. The number of piperidine rings is 1. The van der Waals surface area contributed by atoms with Crippen LogP contribution < -0.4 is 11.1 Å². The fourth-order valence-electron chi connectivity index (χ4n) is 3.21. The number of nitrogens with two attached hydrogens (primary N) is 1. The molecule has 142 valence electrons. The van der Waals surface area contributed by atoms with Gasteiger partial charge in [0, 0.05) is 36.9 Å². The van der Waals surface area contributed by atoms with Gasteiger partial charge in [0.15, 0.2) is 0 Å². The average molecular weight is 396 g/mol. The number of rotatable bonds is 4. The monoisotopic (exact) mass is 395 g/mol. The van der Waals surface area contributed by atoms with Gasteiger partial charge >= 0.3 is 0 Å². The van der Waals surface area contributed by atoms with Crippen molar-refractivity contribution in [2.45, 2.75) is 32.4 Å². The van der Waals surface area contributed by atoms with Gasteiger partial charge < -0.3 is 11.1 Å². The van der Waals surface area contributed by atoms with E-state index in [1.165, 1.54) is 11.1 Å². The summed E-state index contributed by atoms with van der Waals surface area (Å²) in [6, 6.07) is 15.9. The van der Waals surface area contributed by atoms with Crippen LogP contribution in [0.1, 0.15) is 34.3 Å². The minimum atomic E-state index is -0.0281. The Kier molecular flexibility index (Phi) is 8.93. The number of nitrogens with one attached hydrogen (secondary N) is 1. The molecular formula is C20H27Cl2N3O. The zero-order valence-corrected chi connectivity index (χ0v) is 16.6. The summed E-state index contributed by atoms with van der Waals surface area (Å²) in [7, 11) is 0. The molecule has 3 rings (SSSR count). The number of likely N-dealkylation sites (tertiary alicyclic amines) is 1. The number of hydrogen-bond donors (Lipinski definition) is 2. The molecule has 0 aliphatic carbocycles. The zero-order valence-electron chi connectivity index (χ0n) is 15.0. The smallest absolute Gasteiger partial charge is 0.251 e. The van der Waals surface area contributed by atoms with Gasteiger partial charge in [0.25, 0.3) is 5.91 Å². The lowest BCUT2D eigenvalue weighted by molar-refractivity contribution is 0.0909. The molecule has 4 nitrogen and oxygen atoms in total. The highest BCUT2D eigenvalue weighted by Gasteiger charge is 2.21. The van der Waals surface area contributed by atoms with Gasteiger partial charge in [-0.15, -0.1) is 24.8 Å². The highest BCUT2D eigenvalue weighted by molar-refractivity contribution is 5.95. The first kappa shape index (κ1) is 22.3. The van der Waals surface area contributed by atoms with Crippen molar-refractivity contribution < 1.29 is 4.79 Å². The molecule has 1 saturated heterocycles. The van der Waals surface area contributed by atoms with E-state index in [-0.39, 0.29) is 36.8 Å². The van der Waals surface area contributed by atoms with Crippen LogP contribution in [0.5, 0.6) is 0 Å². The van der Waals surface area contributed by atoms with Crippen LogP contribution in [0.2, 0.25) is 0 Å². The summed E-state index contributed by atoms with van der Waals surface area (Å²) in [5.41, 5.74) is 9.73. The summed E-state index contributed by atoms with van der Waals surface area (Å²) in [6.07, 6.45) is 1.97. The largest absolute Gasteiger partial charge is 0.399 e. The summed E-state index contributed by atoms with van der Waals surface area (Å²) >= 11 is 0. The Hall–Kier alpha value is -1.75. The quantitative estimate of drug-likeness (QED) is 0.773. The second kappa shape index (κ2) is 10.4. The molecule has 2 aromatic rings. The van der Waals surface area contributed by atoms with Gasteiger partial charge in [-0.1, -0.05) is 30.3 Å². The predicted molar refractivity (Wildman–Crippen MR) is 112 cm³/mol. The summed E-state index contributed by atoms with van der Waals surface area (Å²) in [5.74, 6) is -0.0281. The Morgan fingerprint density at radius 2 is 1.81 bits per heavy atom. The Bertz CT molecular complexity index is 716. The van der Waals surface area contributed by atoms with Crippen molar-refractivity contribution in [3.05, 3.63) is 65.2 Å². The molecule has 1 aliphatic rings. The van der Waals surface area contributed by atoms with E-state index in [9.17, 15) is 4.79 Å². The van der Waals surface area contributed by atoms with Crippen molar-refractivity contribution in [3.8, 4) is 0 Å². The first-order valence-corrected chi connectivity index (χ1v) is 8.55. The molecule has 0 saturated carbocycles. The standard InChI is InChI=1S/C20H25N3O.2ClH/c1-15-5-2-3-6-17(15)14-23-11-9-19(10-12-23)22-20(24)16-7-4-8-18(21)13-16;;/h2-8,13,19H,9-12,14,21H2,1H3,(H,22,24);2*1H. The lowest BCUT2D eigenvalue weighted by Crippen LogP contribution is -2.44. The van der Waals surface area contributed by atoms with Crippen LogP contribution in [0.3, 0.4) is 0 Å². The lowest BCUT2D eigenvalue weighted by atomic mass is 10.0. The molecule has 0 atom stereocenters. The number of halogens is 2. The van der Waals surface area contributed by atoms with Gasteiger partial charge in [-0.3, -0.25) is 9.69 Å². The van der Waals surface area contributed by atoms with E-state index < -0.39 is 0 Å². The summed E-state index contributed by atoms with van der Waals surface area (Å²) in [5, 5.41) is 3.14. The van der Waals surface area contributed by atoms with E-state index in [1.54, 1.807) is 18.2 Å². The Morgan fingerprint density at radius 3 is 2.46 bits per heavy atom. The zero-order chi connectivity index (χ0) is 16.9. The van der Waals surface area contributed by atoms with Crippen LogP contribution >= 0.6 is 24.8 Å². The minimum Gasteiger partial charge on any atom is -0.399 e. The van der Waals surface area contributed by atoms with E-state index in [1.807, 2.05) is 6.07 Å². The molecule has 3 N–H and O–H groups in total. The van der Waals surface area contributed by atoms with Crippen LogP contribution in [-0.2, 0) is 6.54 Å². The molecule has 1 fully saturated rings. The molecule has 1 heterocycles. The van der Waals surface area contributed by atoms with Gasteiger partial charge in [-0.25, -0.2) is 0 Å². The van der Waals surface area contributed by atoms with Crippen molar-refractivity contribution in [2.75, 3.05) is 18.8 Å². The van der Waals surface area contributed by atoms with E-state index >= 15 is 0 Å². The number of carbonyl (C=O) groups is 1. The third-order valence-electron chi connectivity index (χ3n) is 4.73. The van der Waals surface area contributed by atoms with Gasteiger partial charge in [-0.2, -0.15) is 0 Å². The molecule has 1 amide bonds. The van der Waals surface area contributed by atoms with Gasteiger partial charge in [0.05, 0.1) is 0 Å². The predicted octanol–water partition coefficient (Wildman–Crippen LogP) is 3.82. The second-order valence-electron chi connectivity index (χ2n) is 6.58. The fourth-order valence-corrected chi connectivity index (χ4v) is 3.21. The van der Waals surface area contributed by atoms with Crippen molar-refractivity contribution in [3.63, 3.8) is 0 Å². The number of nitrogen functional groups attached to an aromatic ring is 1. The summed E-state index contributed by atoms with van der Waals surface area (Å²) in [4.78, 5) is 14.8. The maximum absolute atomic E-state index is 12.3. The van der Waals surface area contributed by atoms with E-state index in [0.29, 0.717) is 11.3 Å². The highest BCUT2D eigenvalue weighted by Crippen LogP contribution is 2.17. The maximum atomic E-state index is 12.3. The van der Waals surface area contributed by atoms with Crippen LogP contribution in [0, 0.1) is 6.92 Å². The van der Waals surface area contributed by atoms with Crippen molar-refractivity contribution in [1.29, 1.82) is 0 Å². The SMILES string of the molecule is Cc1ccccc1CN1CCC(NC(=O)c2cccc(N)c2)CC1.Cl.Cl. The third-order valence-corrected chi connectivity index (χ3v) is 4.73. The van der Waals surface area contributed by atoms with E-state index in [4.69, 9.17) is 5.73 Å². The Morgan fingerprint density at radius 1 is 1.12 bits per heavy atom. The molecule has 0 unspecified atom stereocenters. The first-order valence-electron chi connectivity index (χ1n) is 8.55. The number of anilines is 1. The van der Waals surface area contributed by atoms with Crippen molar-refractivity contribution in [2.24, 2.45) is 0 Å². The normalized spacial score (nSPS) is 14.8. The molecule has 6 heteroatoms. The lowest BCUT2D eigenvalue weighted by Gasteiger charge is -2.32. The topological polar surface area (TPSA) is 58.4 Å². The number of aryl methyl sites for hydroxylation is 1. The molecule has 26 heavy (non-hydrogen) atoms. The number of hydrogen-bond acceptors (Lipinski definition) is 3. The number of carbonyl (C=O) groups excluding carboxylic acids is 1. The average Bonchev–Trinajstić information content (AvgIpc) is 2.58. The molecule has 0 radical (unpaired) electrons. The van der Waals surface area contributed by atoms with Crippen LogP contribution in [0.4, 0.5) is 5.69 Å². The highest BCUT2D eigenvalue weighted by atomic mass is 35.5. The third kappa shape index (κ3) is 5.90. The van der Waals surface area contributed by atoms with Crippen molar-refractivity contribution in [1.82, 2.24) is 10.2 Å². The van der Waals surface area contributed by atoms with Gasteiger partial charge in [0.1, 0.15) is 0 Å². The van der Waals surface area contributed by atoms with Crippen LogP contribution in [0.25, 0.3) is 0 Å².